The Kier molecular flexibility index (Phi) is 5.51. The summed E-state index contributed by atoms with van der Waals surface area (Å²) in [5, 5.41) is 6.07. The van der Waals surface area contributed by atoms with Crippen molar-refractivity contribution in [2.24, 2.45) is 0 Å². The van der Waals surface area contributed by atoms with E-state index in [1.54, 1.807) is 24.5 Å². The van der Waals surface area contributed by atoms with Crippen LogP contribution < -0.4 is 15.4 Å². The molecule has 21 heavy (non-hydrogen) atoms. The van der Waals surface area contributed by atoms with Crippen molar-refractivity contribution in [2.75, 3.05) is 13.2 Å². The number of aryl methyl sites for hydroxylation is 1. The van der Waals surface area contributed by atoms with Crippen LogP contribution in [0.3, 0.4) is 0 Å². The lowest BCUT2D eigenvalue weighted by atomic mass is 10.2. The first-order chi connectivity index (χ1) is 10.1. The van der Waals surface area contributed by atoms with Gasteiger partial charge < -0.3 is 19.8 Å². The van der Waals surface area contributed by atoms with Crippen LogP contribution in [0.15, 0.2) is 41.0 Å². The first-order valence-corrected chi connectivity index (χ1v) is 6.96. The Morgan fingerprint density at radius 3 is 2.90 bits per heavy atom. The Bertz CT molecular complexity index is 585. The summed E-state index contributed by atoms with van der Waals surface area (Å²) in [6.07, 6.45) is 1.57. The van der Waals surface area contributed by atoms with Gasteiger partial charge in [-0.2, -0.15) is 0 Å². The SMILES string of the molecule is Cc1cc(Cl)ccc1OCCNC(=O)NCc1ccco1. The molecule has 0 aliphatic rings. The number of hydrogen-bond donors (Lipinski definition) is 2. The summed E-state index contributed by atoms with van der Waals surface area (Å²) in [6.45, 7) is 3.07. The van der Waals surface area contributed by atoms with Crippen LogP contribution >= 0.6 is 11.6 Å². The molecule has 0 unspecified atom stereocenters. The highest BCUT2D eigenvalue weighted by atomic mass is 35.5. The van der Waals surface area contributed by atoms with Gasteiger partial charge in [0.1, 0.15) is 18.1 Å². The van der Waals surface area contributed by atoms with Crippen molar-refractivity contribution in [3.05, 3.63) is 52.9 Å². The number of rotatable bonds is 6. The second-order valence-corrected chi connectivity index (χ2v) is 4.88. The zero-order chi connectivity index (χ0) is 15.1. The lowest BCUT2D eigenvalue weighted by Gasteiger charge is -2.10. The molecule has 2 N–H and O–H groups in total. The predicted molar refractivity (Wildman–Crippen MR) is 80.6 cm³/mol. The van der Waals surface area contributed by atoms with Gasteiger partial charge in [-0.05, 0) is 42.8 Å². The van der Waals surface area contributed by atoms with Crippen LogP contribution in [0.25, 0.3) is 0 Å². The molecule has 0 fully saturated rings. The molecular weight excluding hydrogens is 292 g/mol. The number of benzene rings is 1. The minimum Gasteiger partial charge on any atom is -0.491 e. The highest BCUT2D eigenvalue weighted by Gasteiger charge is 2.03. The van der Waals surface area contributed by atoms with Crippen molar-refractivity contribution in [1.82, 2.24) is 10.6 Å². The second kappa shape index (κ2) is 7.59. The van der Waals surface area contributed by atoms with Crippen molar-refractivity contribution < 1.29 is 13.9 Å². The highest BCUT2D eigenvalue weighted by molar-refractivity contribution is 6.30. The van der Waals surface area contributed by atoms with E-state index >= 15 is 0 Å². The molecule has 1 aromatic carbocycles. The highest BCUT2D eigenvalue weighted by Crippen LogP contribution is 2.21. The number of carbonyl (C=O) groups excluding carboxylic acids is 1. The third-order valence-electron chi connectivity index (χ3n) is 2.79. The van der Waals surface area contributed by atoms with E-state index in [0.29, 0.717) is 30.5 Å². The molecule has 0 aliphatic heterocycles. The van der Waals surface area contributed by atoms with Crippen LogP contribution in [-0.4, -0.2) is 19.2 Å². The van der Waals surface area contributed by atoms with Crippen molar-refractivity contribution in [3.63, 3.8) is 0 Å². The fourth-order valence-corrected chi connectivity index (χ4v) is 1.97. The Morgan fingerprint density at radius 2 is 2.19 bits per heavy atom. The van der Waals surface area contributed by atoms with Crippen LogP contribution in [-0.2, 0) is 6.54 Å². The standard InChI is InChI=1S/C15H17ClN2O3/c1-11-9-12(16)4-5-14(11)21-8-6-17-15(19)18-10-13-3-2-7-20-13/h2-5,7,9H,6,8,10H2,1H3,(H2,17,18,19). The minimum absolute atomic E-state index is 0.261. The summed E-state index contributed by atoms with van der Waals surface area (Å²) in [6, 6.07) is 8.73. The fourth-order valence-electron chi connectivity index (χ4n) is 1.74. The van der Waals surface area contributed by atoms with E-state index in [0.717, 1.165) is 11.3 Å². The van der Waals surface area contributed by atoms with E-state index in [4.69, 9.17) is 20.8 Å². The van der Waals surface area contributed by atoms with Crippen LogP contribution in [0, 0.1) is 6.92 Å². The van der Waals surface area contributed by atoms with E-state index in [1.807, 2.05) is 19.1 Å². The van der Waals surface area contributed by atoms with Crippen LogP contribution in [0.5, 0.6) is 5.75 Å². The molecule has 0 bridgehead atoms. The summed E-state index contributed by atoms with van der Waals surface area (Å²) in [5.74, 6) is 1.47. The summed E-state index contributed by atoms with van der Waals surface area (Å²) < 4.78 is 10.7. The lowest BCUT2D eigenvalue weighted by molar-refractivity contribution is 0.235. The maximum atomic E-state index is 11.5. The number of nitrogens with one attached hydrogen (secondary N) is 2. The average Bonchev–Trinajstić information content (AvgIpc) is 2.96. The average molecular weight is 309 g/mol. The Balaban J connectivity index is 1.64. The molecule has 2 aromatic rings. The van der Waals surface area contributed by atoms with Gasteiger partial charge in [-0.25, -0.2) is 4.79 Å². The fraction of sp³-hybridized carbons (Fsp3) is 0.267. The largest absolute Gasteiger partial charge is 0.491 e. The summed E-state index contributed by atoms with van der Waals surface area (Å²) >= 11 is 5.87. The monoisotopic (exact) mass is 308 g/mol. The molecule has 6 heteroatoms. The summed E-state index contributed by atoms with van der Waals surface area (Å²) in [4.78, 5) is 11.5. The zero-order valence-corrected chi connectivity index (χ0v) is 12.4. The maximum Gasteiger partial charge on any atom is 0.315 e. The van der Waals surface area contributed by atoms with E-state index in [2.05, 4.69) is 10.6 Å². The van der Waals surface area contributed by atoms with Gasteiger partial charge in [-0.15, -0.1) is 0 Å². The smallest absolute Gasteiger partial charge is 0.315 e. The number of furan rings is 1. The Hall–Kier alpha value is -2.14. The van der Waals surface area contributed by atoms with E-state index in [-0.39, 0.29) is 6.03 Å². The first kappa shape index (κ1) is 15.3. The zero-order valence-electron chi connectivity index (χ0n) is 11.7. The molecule has 0 spiro atoms. The third kappa shape index (κ3) is 5.04. The topological polar surface area (TPSA) is 63.5 Å². The number of urea groups is 1. The van der Waals surface area contributed by atoms with Crippen molar-refractivity contribution in [2.45, 2.75) is 13.5 Å². The molecule has 1 heterocycles. The van der Waals surface area contributed by atoms with Gasteiger partial charge in [0, 0.05) is 5.02 Å². The first-order valence-electron chi connectivity index (χ1n) is 6.58. The van der Waals surface area contributed by atoms with E-state index < -0.39 is 0 Å². The molecule has 0 atom stereocenters. The van der Waals surface area contributed by atoms with Crippen LogP contribution in [0.4, 0.5) is 4.79 Å². The van der Waals surface area contributed by atoms with Crippen molar-refractivity contribution in [3.8, 4) is 5.75 Å². The second-order valence-electron chi connectivity index (χ2n) is 4.45. The minimum atomic E-state index is -0.261. The molecule has 0 saturated heterocycles. The maximum absolute atomic E-state index is 11.5. The van der Waals surface area contributed by atoms with Crippen LogP contribution in [0.1, 0.15) is 11.3 Å². The number of ether oxygens (including phenoxy) is 1. The van der Waals surface area contributed by atoms with Gasteiger partial charge in [-0.3, -0.25) is 0 Å². The number of halogens is 1. The van der Waals surface area contributed by atoms with Gasteiger partial charge in [-0.1, -0.05) is 11.6 Å². The van der Waals surface area contributed by atoms with Gasteiger partial charge in [0.2, 0.25) is 0 Å². The van der Waals surface area contributed by atoms with Gasteiger partial charge >= 0.3 is 6.03 Å². The molecule has 0 aliphatic carbocycles. The summed E-state index contributed by atoms with van der Waals surface area (Å²) in [7, 11) is 0. The molecule has 5 nitrogen and oxygen atoms in total. The lowest BCUT2D eigenvalue weighted by Crippen LogP contribution is -2.37. The van der Waals surface area contributed by atoms with Gasteiger partial charge in [0.05, 0.1) is 19.4 Å². The molecule has 1 aromatic heterocycles. The molecule has 0 radical (unpaired) electrons. The van der Waals surface area contributed by atoms with Crippen LogP contribution in [0.2, 0.25) is 5.02 Å². The quantitative estimate of drug-likeness (QED) is 0.806. The number of carbonyl (C=O) groups is 1. The van der Waals surface area contributed by atoms with Crippen molar-refractivity contribution in [1.29, 1.82) is 0 Å². The molecular formula is C15H17ClN2O3. The predicted octanol–water partition coefficient (Wildman–Crippen LogP) is 3.12. The van der Waals surface area contributed by atoms with E-state index in [9.17, 15) is 4.79 Å². The van der Waals surface area contributed by atoms with Gasteiger partial charge in [0.25, 0.3) is 0 Å². The van der Waals surface area contributed by atoms with Crippen molar-refractivity contribution >= 4 is 17.6 Å². The molecule has 2 amide bonds. The van der Waals surface area contributed by atoms with E-state index in [1.165, 1.54) is 0 Å². The molecule has 112 valence electrons. The number of amides is 2. The Morgan fingerprint density at radius 1 is 1.33 bits per heavy atom. The molecule has 0 saturated carbocycles. The third-order valence-corrected chi connectivity index (χ3v) is 3.02. The number of hydrogen-bond acceptors (Lipinski definition) is 3. The Labute approximate surface area is 128 Å². The molecule has 2 rings (SSSR count). The summed E-state index contributed by atoms with van der Waals surface area (Å²) in [5.41, 5.74) is 0.963. The normalized spacial score (nSPS) is 10.2. The van der Waals surface area contributed by atoms with Gasteiger partial charge in [0.15, 0.2) is 0 Å².